The van der Waals surface area contributed by atoms with Crippen LogP contribution in [0.1, 0.15) is 19.3 Å². The Labute approximate surface area is 173 Å². The van der Waals surface area contributed by atoms with Gasteiger partial charge in [0.2, 0.25) is 10.0 Å². The van der Waals surface area contributed by atoms with Crippen molar-refractivity contribution in [1.29, 1.82) is 0 Å². The van der Waals surface area contributed by atoms with E-state index in [1.807, 2.05) is 24.3 Å². The zero-order valence-electron chi connectivity index (χ0n) is 15.1. The van der Waals surface area contributed by atoms with Gasteiger partial charge in [-0.25, -0.2) is 18.5 Å². The second-order valence-corrected chi connectivity index (χ2v) is 9.77. The first kappa shape index (κ1) is 19.4. The molecule has 0 radical (unpaired) electrons. The Morgan fingerprint density at radius 1 is 0.929 bits per heavy atom. The topological polar surface area (TPSA) is 76.3 Å². The van der Waals surface area contributed by atoms with Crippen molar-refractivity contribution in [2.24, 2.45) is 5.14 Å². The molecule has 0 spiro atoms. The van der Waals surface area contributed by atoms with Gasteiger partial charge in [-0.3, -0.25) is 0 Å². The van der Waals surface area contributed by atoms with Crippen LogP contribution in [0, 0.1) is 0 Å². The number of primary sulfonamides is 1. The van der Waals surface area contributed by atoms with Crippen LogP contribution in [0.3, 0.4) is 0 Å². The third-order valence-corrected chi connectivity index (χ3v) is 7.15. The SMILES string of the molecule is NS(=O)(=O)c1ccc(-c2sc(N3CCCCC3)nc2-c2ccc(Cl)cc2)cc1. The molecule has 3 aromatic rings. The molecule has 28 heavy (non-hydrogen) atoms. The summed E-state index contributed by atoms with van der Waals surface area (Å²) in [6, 6.07) is 14.3. The number of hydrogen-bond acceptors (Lipinski definition) is 5. The molecule has 8 heteroatoms. The van der Waals surface area contributed by atoms with Crippen LogP contribution in [0.4, 0.5) is 5.13 Å². The number of piperidine rings is 1. The Morgan fingerprint density at radius 2 is 1.54 bits per heavy atom. The van der Waals surface area contributed by atoms with Crippen LogP contribution < -0.4 is 10.0 Å². The highest BCUT2D eigenvalue weighted by Crippen LogP contribution is 2.41. The summed E-state index contributed by atoms with van der Waals surface area (Å²) < 4.78 is 23.1. The maximum Gasteiger partial charge on any atom is 0.238 e. The van der Waals surface area contributed by atoms with Gasteiger partial charge in [0, 0.05) is 23.7 Å². The minimum Gasteiger partial charge on any atom is -0.348 e. The predicted octanol–water partition coefficient (Wildman–Crippen LogP) is 4.77. The number of nitrogens with two attached hydrogens (primary N) is 1. The predicted molar refractivity (Wildman–Crippen MR) is 115 cm³/mol. The van der Waals surface area contributed by atoms with Gasteiger partial charge in [0.15, 0.2) is 5.13 Å². The summed E-state index contributed by atoms with van der Waals surface area (Å²) in [7, 11) is -3.72. The average Bonchev–Trinajstić information content (AvgIpc) is 3.14. The van der Waals surface area contributed by atoms with E-state index >= 15 is 0 Å². The normalized spacial score (nSPS) is 15.0. The molecular weight excluding hydrogens is 414 g/mol. The Kier molecular flexibility index (Phi) is 5.42. The molecule has 1 aromatic heterocycles. The van der Waals surface area contributed by atoms with Crippen LogP contribution in [0.5, 0.6) is 0 Å². The summed E-state index contributed by atoms with van der Waals surface area (Å²) in [5, 5.41) is 6.90. The molecule has 4 rings (SSSR count). The summed E-state index contributed by atoms with van der Waals surface area (Å²) in [6.45, 7) is 2.02. The Hall–Kier alpha value is -1.93. The molecule has 0 bridgehead atoms. The molecule has 146 valence electrons. The number of hydrogen-bond donors (Lipinski definition) is 1. The van der Waals surface area contributed by atoms with Crippen molar-refractivity contribution in [2.75, 3.05) is 18.0 Å². The van der Waals surface area contributed by atoms with Gasteiger partial charge in [0.05, 0.1) is 15.5 Å². The summed E-state index contributed by atoms with van der Waals surface area (Å²) in [5.41, 5.74) is 2.78. The van der Waals surface area contributed by atoms with Crippen molar-refractivity contribution >= 4 is 38.1 Å². The third-order valence-electron chi connectivity index (χ3n) is 4.81. The number of sulfonamides is 1. The Bertz CT molecular complexity index is 1070. The van der Waals surface area contributed by atoms with Crippen LogP contribution in [-0.2, 0) is 10.0 Å². The van der Waals surface area contributed by atoms with Gasteiger partial charge >= 0.3 is 0 Å². The van der Waals surface area contributed by atoms with E-state index in [-0.39, 0.29) is 4.90 Å². The van der Waals surface area contributed by atoms with Crippen molar-refractivity contribution in [1.82, 2.24) is 4.98 Å². The van der Waals surface area contributed by atoms with E-state index in [1.165, 1.54) is 31.4 Å². The highest BCUT2D eigenvalue weighted by molar-refractivity contribution is 7.89. The molecule has 1 saturated heterocycles. The smallest absolute Gasteiger partial charge is 0.238 e. The lowest BCUT2D eigenvalue weighted by molar-refractivity contribution is 0.577. The first-order valence-electron chi connectivity index (χ1n) is 9.07. The third kappa shape index (κ3) is 4.07. The molecule has 1 aliphatic rings. The van der Waals surface area contributed by atoms with Gasteiger partial charge in [-0.15, -0.1) is 0 Å². The van der Waals surface area contributed by atoms with Crippen molar-refractivity contribution in [3.8, 4) is 21.7 Å². The first-order chi connectivity index (χ1) is 13.4. The average molecular weight is 434 g/mol. The van der Waals surface area contributed by atoms with Gasteiger partial charge < -0.3 is 4.90 Å². The zero-order chi connectivity index (χ0) is 19.7. The molecule has 0 amide bonds. The van der Waals surface area contributed by atoms with E-state index < -0.39 is 10.0 Å². The number of halogens is 1. The van der Waals surface area contributed by atoms with Crippen molar-refractivity contribution in [3.63, 3.8) is 0 Å². The highest BCUT2D eigenvalue weighted by atomic mass is 35.5. The fourth-order valence-corrected chi connectivity index (χ4v) is 5.11. The molecule has 0 atom stereocenters. The molecule has 0 saturated carbocycles. The minimum atomic E-state index is -3.72. The number of nitrogens with zero attached hydrogens (tertiary/aromatic N) is 2. The maximum atomic E-state index is 11.6. The number of anilines is 1. The van der Waals surface area contributed by atoms with Crippen LogP contribution >= 0.6 is 22.9 Å². The van der Waals surface area contributed by atoms with Crippen LogP contribution in [-0.4, -0.2) is 26.5 Å². The summed E-state index contributed by atoms with van der Waals surface area (Å²) in [5.74, 6) is 0. The van der Waals surface area contributed by atoms with E-state index in [0.717, 1.165) is 39.9 Å². The van der Waals surface area contributed by atoms with Gasteiger partial charge in [0.25, 0.3) is 0 Å². The van der Waals surface area contributed by atoms with E-state index in [2.05, 4.69) is 4.90 Å². The maximum absolute atomic E-state index is 11.6. The second-order valence-electron chi connectivity index (χ2n) is 6.80. The van der Waals surface area contributed by atoms with Gasteiger partial charge in [0.1, 0.15) is 0 Å². The number of aromatic nitrogens is 1. The molecule has 1 aliphatic heterocycles. The molecule has 2 heterocycles. The van der Waals surface area contributed by atoms with Crippen LogP contribution in [0.15, 0.2) is 53.4 Å². The second kappa shape index (κ2) is 7.83. The van der Waals surface area contributed by atoms with Gasteiger partial charge in [-0.2, -0.15) is 0 Å². The Balaban J connectivity index is 1.79. The summed E-state index contributed by atoms with van der Waals surface area (Å²) in [6.07, 6.45) is 3.61. The fourth-order valence-electron chi connectivity index (χ4n) is 3.32. The minimum absolute atomic E-state index is 0.102. The highest BCUT2D eigenvalue weighted by Gasteiger charge is 2.20. The van der Waals surface area contributed by atoms with Gasteiger partial charge in [-0.1, -0.05) is 47.2 Å². The van der Waals surface area contributed by atoms with Crippen molar-refractivity contribution in [3.05, 3.63) is 53.6 Å². The Morgan fingerprint density at radius 3 is 2.14 bits per heavy atom. The lowest BCUT2D eigenvalue weighted by Crippen LogP contribution is -2.29. The molecule has 2 N–H and O–H groups in total. The van der Waals surface area contributed by atoms with Gasteiger partial charge in [-0.05, 0) is 49.1 Å². The standard InChI is InChI=1S/C20H20ClN3O2S2/c21-16-8-4-14(5-9-16)18-19(15-6-10-17(11-7-15)28(22,25)26)27-20(23-18)24-12-2-1-3-13-24/h4-11H,1-3,12-13H2,(H2,22,25,26). The molecule has 0 unspecified atom stereocenters. The molecule has 5 nitrogen and oxygen atoms in total. The largest absolute Gasteiger partial charge is 0.348 e. The monoisotopic (exact) mass is 433 g/mol. The van der Waals surface area contributed by atoms with Crippen LogP contribution in [0.2, 0.25) is 5.02 Å². The summed E-state index contributed by atoms with van der Waals surface area (Å²) in [4.78, 5) is 8.37. The zero-order valence-corrected chi connectivity index (χ0v) is 17.5. The number of thiazole rings is 1. The fraction of sp³-hybridized carbons (Fsp3) is 0.250. The number of rotatable bonds is 4. The quantitative estimate of drug-likeness (QED) is 0.643. The van der Waals surface area contributed by atoms with E-state index in [1.54, 1.807) is 23.5 Å². The first-order valence-corrected chi connectivity index (χ1v) is 11.8. The van der Waals surface area contributed by atoms with E-state index in [0.29, 0.717) is 5.02 Å². The summed E-state index contributed by atoms with van der Waals surface area (Å²) >= 11 is 7.68. The van der Waals surface area contributed by atoms with E-state index in [9.17, 15) is 8.42 Å². The van der Waals surface area contributed by atoms with Crippen molar-refractivity contribution < 1.29 is 8.42 Å². The number of benzene rings is 2. The lowest BCUT2D eigenvalue weighted by atomic mass is 10.1. The van der Waals surface area contributed by atoms with E-state index in [4.69, 9.17) is 21.7 Å². The lowest BCUT2D eigenvalue weighted by Gasteiger charge is -2.25. The molecule has 1 fully saturated rings. The molecular formula is C20H20ClN3O2S2. The molecule has 2 aromatic carbocycles. The van der Waals surface area contributed by atoms with Crippen molar-refractivity contribution in [2.45, 2.75) is 24.2 Å². The van der Waals surface area contributed by atoms with Crippen LogP contribution in [0.25, 0.3) is 21.7 Å². The molecule has 0 aliphatic carbocycles.